The van der Waals surface area contributed by atoms with Gasteiger partial charge in [0, 0.05) is 6.54 Å². The molecule has 1 N–H and O–H groups in total. The van der Waals surface area contributed by atoms with E-state index in [1.54, 1.807) is 0 Å². The minimum Gasteiger partial charge on any atom is -0.456 e. The van der Waals surface area contributed by atoms with Crippen LogP contribution in [0.15, 0.2) is 91.0 Å². The molecule has 0 unspecified atom stereocenters. The van der Waals surface area contributed by atoms with Gasteiger partial charge in [0.1, 0.15) is 6.10 Å². The standard InChI is InChI=1S/C29H25F6NO2/c30-28(31,32)23-16-21(17-24(18-23)29(33,34)35)26(37)38-25-14-8-3-9-15-27(25,22-12-6-2-7-13-22)36-19-20-10-4-1-5-11-20/h1-7,9-13,16-18,25,36H,8,14-15,19H2/t25-,27-/m1/s1. The second-order valence-electron chi connectivity index (χ2n) is 9.12. The Bertz CT molecular complexity index is 1240. The highest BCUT2D eigenvalue weighted by Gasteiger charge is 2.43. The summed E-state index contributed by atoms with van der Waals surface area (Å²) in [5, 5.41) is 3.50. The van der Waals surface area contributed by atoms with Crippen LogP contribution in [0.3, 0.4) is 0 Å². The van der Waals surface area contributed by atoms with Gasteiger partial charge >= 0.3 is 18.3 Å². The molecule has 0 fully saturated rings. The van der Waals surface area contributed by atoms with Crippen molar-refractivity contribution in [2.24, 2.45) is 0 Å². The zero-order valence-electron chi connectivity index (χ0n) is 20.2. The minimum absolute atomic E-state index is 0.0119. The van der Waals surface area contributed by atoms with E-state index < -0.39 is 46.7 Å². The van der Waals surface area contributed by atoms with E-state index >= 15 is 0 Å². The fourth-order valence-corrected chi connectivity index (χ4v) is 4.63. The van der Waals surface area contributed by atoms with Crippen LogP contribution in [0.25, 0.3) is 0 Å². The lowest BCUT2D eigenvalue weighted by molar-refractivity contribution is -0.143. The molecule has 0 heterocycles. The van der Waals surface area contributed by atoms with Gasteiger partial charge < -0.3 is 4.74 Å². The number of hydrogen-bond acceptors (Lipinski definition) is 3. The van der Waals surface area contributed by atoms with Crippen molar-refractivity contribution in [3.05, 3.63) is 119 Å². The van der Waals surface area contributed by atoms with Crippen LogP contribution in [0.5, 0.6) is 0 Å². The number of rotatable bonds is 6. The maximum absolute atomic E-state index is 13.4. The Balaban J connectivity index is 1.73. The summed E-state index contributed by atoms with van der Waals surface area (Å²) in [5.41, 5.74) is -3.20. The Morgan fingerprint density at radius 3 is 2.00 bits per heavy atom. The van der Waals surface area contributed by atoms with E-state index in [1.165, 1.54) is 0 Å². The third-order valence-electron chi connectivity index (χ3n) is 6.56. The van der Waals surface area contributed by atoms with E-state index in [9.17, 15) is 31.1 Å². The van der Waals surface area contributed by atoms with E-state index in [-0.39, 0.29) is 6.07 Å². The molecule has 0 radical (unpaired) electrons. The van der Waals surface area contributed by atoms with Gasteiger partial charge in [0.15, 0.2) is 0 Å². The number of hydrogen-bond donors (Lipinski definition) is 1. The lowest BCUT2D eigenvalue weighted by Gasteiger charge is -2.40. The van der Waals surface area contributed by atoms with Gasteiger partial charge in [-0.1, -0.05) is 72.8 Å². The molecule has 3 aromatic carbocycles. The van der Waals surface area contributed by atoms with Gasteiger partial charge in [-0.25, -0.2) is 4.79 Å². The molecule has 0 aromatic heterocycles. The predicted molar refractivity (Wildman–Crippen MR) is 130 cm³/mol. The lowest BCUT2D eigenvalue weighted by Crippen LogP contribution is -2.52. The van der Waals surface area contributed by atoms with Crippen LogP contribution in [0.2, 0.25) is 0 Å². The van der Waals surface area contributed by atoms with Crippen LogP contribution in [0.1, 0.15) is 51.9 Å². The van der Waals surface area contributed by atoms with Crippen molar-refractivity contribution in [2.75, 3.05) is 0 Å². The quantitative estimate of drug-likeness (QED) is 0.201. The highest BCUT2D eigenvalue weighted by atomic mass is 19.4. The van der Waals surface area contributed by atoms with Crippen LogP contribution in [0, 0.1) is 0 Å². The molecule has 0 bridgehead atoms. The molecule has 9 heteroatoms. The predicted octanol–water partition coefficient (Wildman–Crippen LogP) is 7.68. The highest BCUT2D eigenvalue weighted by Crippen LogP contribution is 2.39. The average Bonchev–Trinajstić information content (AvgIpc) is 3.10. The molecule has 3 nitrogen and oxygen atoms in total. The van der Waals surface area contributed by atoms with Gasteiger partial charge in [0.05, 0.1) is 22.2 Å². The summed E-state index contributed by atoms with van der Waals surface area (Å²) in [6.07, 6.45) is -5.98. The highest BCUT2D eigenvalue weighted by molar-refractivity contribution is 5.90. The van der Waals surface area contributed by atoms with E-state index in [0.717, 1.165) is 11.1 Å². The molecule has 1 aliphatic carbocycles. The Morgan fingerprint density at radius 1 is 0.842 bits per heavy atom. The maximum Gasteiger partial charge on any atom is 0.416 e. The van der Waals surface area contributed by atoms with E-state index in [2.05, 4.69) is 5.32 Å². The maximum atomic E-state index is 13.4. The van der Waals surface area contributed by atoms with Gasteiger partial charge in [-0.15, -0.1) is 0 Å². The van der Waals surface area contributed by atoms with Crippen LogP contribution in [0.4, 0.5) is 26.3 Å². The molecule has 4 rings (SSSR count). The van der Waals surface area contributed by atoms with Gasteiger partial charge in [-0.05, 0) is 48.6 Å². The molecule has 1 aliphatic rings. The third-order valence-corrected chi connectivity index (χ3v) is 6.56. The van der Waals surface area contributed by atoms with Crippen LogP contribution in [-0.2, 0) is 29.2 Å². The second-order valence-corrected chi connectivity index (χ2v) is 9.12. The summed E-state index contributed by atoms with van der Waals surface area (Å²) in [6, 6.07) is 19.4. The first-order chi connectivity index (χ1) is 18.0. The average molecular weight is 534 g/mol. The minimum atomic E-state index is -5.08. The largest absolute Gasteiger partial charge is 0.456 e. The molecule has 0 saturated carbocycles. The summed E-state index contributed by atoms with van der Waals surface area (Å²) in [5.74, 6) is -1.25. The van der Waals surface area contributed by atoms with Crippen molar-refractivity contribution in [1.29, 1.82) is 0 Å². The smallest absolute Gasteiger partial charge is 0.416 e. The van der Waals surface area contributed by atoms with Crippen molar-refractivity contribution in [1.82, 2.24) is 5.32 Å². The zero-order valence-corrected chi connectivity index (χ0v) is 20.2. The molecule has 0 saturated heterocycles. The van der Waals surface area contributed by atoms with E-state index in [0.29, 0.717) is 37.9 Å². The van der Waals surface area contributed by atoms with Crippen LogP contribution < -0.4 is 5.32 Å². The molecule has 38 heavy (non-hydrogen) atoms. The number of alkyl halides is 6. The number of benzene rings is 3. The number of esters is 1. The Kier molecular flexibility index (Phi) is 7.97. The molecular weight excluding hydrogens is 508 g/mol. The third kappa shape index (κ3) is 6.27. The fraction of sp³-hybridized carbons (Fsp3) is 0.276. The normalized spacial score (nSPS) is 20.1. The molecule has 200 valence electrons. The van der Waals surface area contributed by atoms with Gasteiger partial charge in [0.25, 0.3) is 0 Å². The first-order valence-corrected chi connectivity index (χ1v) is 12.0. The van der Waals surface area contributed by atoms with E-state index in [4.69, 9.17) is 4.74 Å². The first kappa shape index (κ1) is 27.4. The molecule has 2 atom stereocenters. The summed E-state index contributed by atoms with van der Waals surface area (Å²) in [4.78, 5) is 13.2. The molecular formula is C29H25F6NO2. The van der Waals surface area contributed by atoms with Gasteiger partial charge in [-0.2, -0.15) is 26.3 Å². The second kappa shape index (κ2) is 11.0. The number of carbonyl (C=O) groups excluding carboxylic acids is 1. The Hall–Kier alpha value is -3.59. The monoisotopic (exact) mass is 533 g/mol. The van der Waals surface area contributed by atoms with Gasteiger partial charge in [-0.3, -0.25) is 5.32 Å². The van der Waals surface area contributed by atoms with Crippen molar-refractivity contribution in [3.8, 4) is 0 Å². The first-order valence-electron chi connectivity index (χ1n) is 12.0. The molecule has 0 amide bonds. The molecule has 0 spiro atoms. The van der Waals surface area contributed by atoms with Crippen LogP contribution >= 0.6 is 0 Å². The van der Waals surface area contributed by atoms with Crippen molar-refractivity contribution >= 4 is 5.97 Å². The number of halogens is 6. The number of ether oxygens (including phenoxy) is 1. The van der Waals surface area contributed by atoms with Crippen molar-refractivity contribution in [2.45, 2.75) is 49.8 Å². The summed E-state index contributed by atoms with van der Waals surface area (Å²) < 4.78 is 86.1. The summed E-state index contributed by atoms with van der Waals surface area (Å²) >= 11 is 0. The molecule has 3 aromatic rings. The summed E-state index contributed by atoms with van der Waals surface area (Å²) in [7, 11) is 0. The topological polar surface area (TPSA) is 38.3 Å². The SMILES string of the molecule is O=C(O[C@@H]1CCC=CC[C@@]1(NCc1ccccc1)c1ccccc1)c1cc(C(F)(F)F)cc(C(F)(F)F)c1. The fourth-order valence-electron chi connectivity index (χ4n) is 4.63. The number of nitrogens with one attached hydrogen (secondary N) is 1. The number of carbonyl (C=O) groups is 1. The summed E-state index contributed by atoms with van der Waals surface area (Å²) in [6.45, 7) is 0.388. The Labute approximate surface area is 216 Å². The zero-order chi connectivity index (χ0) is 27.4. The van der Waals surface area contributed by atoms with E-state index in [1.807, 2.05) is 72.8 Å². The number of allylic oxidation sites excluding steroid dienone is 1. The Morgan fingerprint density at radius 2 is 1.42 bits per heavy atom. The van der Waals surface area contributed by atoms with Crippen molar-refractivity contribution < 1.29 is 35.9 Å². The lowest BCUT2D eigenvalue weighted by atomic mass is 9.80. The van der Waals surface area contributed by atoms with Crippen LogP contribution in [-0.4, -0.2) is 12.1 Å². The van der Waals surface area contributed by atoms with Crippen molar-refractivity contribution in [3.63, 3.8) is 0 Å². The van der Waals surface area contributed by atoms with Gasteiger partial charge in [0.2, 0.25) is 0 Å². The molecule has 0 aliphatic heterocycles.